The summed E-state index contributed by atoms with van der Waals surface area (Å²) < 4.78 is 32.3. The third-order valence-electron chi connectivity index (χ3n) is 3.41. The molecule has 1 unspecified atom stereocenters. The summed E-state index contributed by atoms with van der Waals surface area (Å²) >= 11 is 0. The summed E-state index contributed by atoms with van der Waals surface area (Å²) in [6, 6.07) is 3.39. The standard InChI is InChI=1S/C12H18N2O5S/c1-13(9-11-5-3-7-19-11)20(17,18)14-6-2-4-10(8-14)12(15)16/h3,5,7,10H,2,4,6,8-9H2,1H3,(H,15,16). The summed E-state index contributed by atoms with van der Waals surface area (Å²) in [5, 5.41) is 9.02. The molecule has 1 fully saturated rings. The van der Waals surface area contributed by atoms with Crippen LogP contribution in [0.3, 0.4) is 0 Å². The number of carbonyl (C=O) groups is 1. The van der Waals surface area contributed by atoms with Gasteiger partial charge in [-0.2, -0.15) is 17.0 Å². The van der Waals surface area contributed by atoms with Crippen LogP contribution in [0.15, 0.2) is 22.8 Å². The molecule has 0 bridgehead atoms. The maximum absolute atomic E-state index is 12.4. The van der Waals surface area contributed by atoms with Crippen molar-refractivity contribution in [2.24, 2.45) is 5.92 Å². The van der Waals surface area contributed by atoms with Gasteiger partial charge < -0.3 is 9.52 Å². The zero-order valence-electron chi connectivity index (χ0n) is 11.2. The molecule has 1 N–H and O–H groups in total. The van der Waals surface area contributed by atoms with Gasteiger partial charge in [0.05, 0.1) is 18.7 Å². The first-order valence-electron chi connectivity index (χ1n) is 6.38. The van der Waals surface area contributed by atoms with E-state index in [0.29, 0.717) is 25.1 Å². The van der Waals surface area contributed by atoms with E-state index in [2.05, 4.69) is 0 Å². The third kappa shape index (κ3) is 3.20. The van der Waals surface area contributed by atoms with Gasteiger partial charge in [-0.15, -0.1) is 0 Å². The molecule has 1 aromatic heterocycles. The first kappa shape index (κ1) is 15.0. The molecule has 0 aliphatic carbocycles. The minimum Gasteiger partial charge on any atom is -0.481 e. The second-order valence-electron chi connectivity index (χ2n) is 4.88. The lowest BCUT2D eigenvalue weighted by molar-refractivity contribution is -0.142. The second-order valence-corrected chi connectivity index (χ2v) is 6.91. The van der Waals surface area contributed by atoms with Crippen LogP contribution in [0.1, 0.15) is 18.6 Å². The maximum atomic E-state index is 12.4. The van der Waals surface area contributed by atoms with E-state index in [1.807, 2.05) is 0 Å². The first-order chi connectivity index (χ1) is 9.41. The average molecular weight is 302 g/mol. The van der Waals surface area contributed by atoms with Crippen molar-refractivity contribution in [3.63, 3.8) is 0 Å². The fourth-order valence-electron chi connectivity index (χ4n) is 2.25. The molecule has 0 saturated carbocycles. The Morgan fingerprint density at radius 2 is 2.35 bits per heavy atom. The lowest BCUT2D eigenvalue weighted by atomic mass is 10.0. The molecule has 1 atom stereocenters. The highest BCUT2D eigenvalue weighted by molar-refractivity contribution is 7.86. The molecule has 0 spiro atoms. The number of aliphatic carboxylic acids is 1. The highest BCUT2D eigenvalue weighted by Crippen LogP contribution is 2.21. The van der Waals surface area contributed by atoms with Crippen molar-refractivity contribution in [1.29, 1.82) is 0 Å². The molecular formula is C12H18N2O5S. The Hall–Kier alpha value is -1.38. The number of carboxylic acids is 1. The van der Waals surface area contributed by atoms with Crippen molar-refractivity contribution in [1.82, 2.24) is 8.61 Å². The van der Waals surface area contributed by atoms with Gasteiger partial charge in [0.25, 0.3) is 10.2 Å². The summed E-state index contributed by atoms with van der Waals surface area (Å²) in [6.45, 7) is 0.512. The number of hydrogen-bond donors (Lipinski definition) is 1. The molecule has 7 nitrogen and oxygen atoms in total. The summed E-state index contributed by atoms with van der Waals surface area (Å²) in [5.41, 5.74) is 0. The largest absolute Gasteiger partial charge is 0.481 e. The Kier molecular flexibility index (Phi) is 4.46. The Balaban J connectivity index is 2.07. The Morgan fingerprint density at radius 3 is 2.95 bits per heavy atom. The highest BCUT2D eigenvalue weighted by Gasteiger charge is 2.34. The van der Waals surface area contributed by atoms with Crippen LogP contribution < -0.4 is 0 Å². The summed E-state index contributed by atoms with van der Waals surface area (Å²) in [7, 11) is -2.20. The monoisotopic (exact) mass is 302 g/mol. The van der Waals surface area contributed by atoms with Gasteiger partial charge in [-0.1, -0.05) is 0 Å². The number of rotatable bonds is 5. The predicted molar refractivity (Wildman–Crippen MR) is 71.0 cm³/mol. The lowest BCUT2D eigenvalue weighted by Crippen LogP contribution is -2.47. The van der Waals surface area contributed by atoms with Gasteiger partial charge in [-0.3, -0.25) is 4.79 Å². The quantitative estimate of drug-likeness (QED) is 0.866. The molecule has 1 saturated heterocycles. The van der Waals surface area contributed by atoms with Crippen LogP contribution >= 0.6 is 0 Å². The van der Waals surface area contributed by atoms with E-state index >= 15 is 0 Å². The van der Waals surface area contributed by atoms with E-state index in [-0.39, 0.29) is 13.1 Å². The van der Waals surface area contributed by atoms with Crippen LogP contribution in [-0.2, 0) is 21.5 Å². The summed E-state index contributed by atoms with van der Waals surface area (Å²) in [4.78, 5) is 11.0. The molecule has 2 rings (SSSR count). The van der Waals surface area contributed by atoms with Gasteiger partial charge in [0, 0.05) is 20.1 Å². The van der Waals surface area contributed by atoms with Crippen LogP contribution in [0.4, 0.5) is 0 Å². The van der Waals surface area contributed by atoms with Crippen LogP contribution in [0, 0.1) is 5.92 Å². The minimum atomic E-state index is -3.66. The molecule has 0 radical (unpaired) electrons. The van der Waals surface area contributed by atoms with Gasteiger partial charge in [0.15, 0.2) is 0 Å². The molecule has 0 amide bonds. The van der Waals surface area contributed by atoms with Crippen LogP contribution in [0.2, 0.25) is 0 Å². The Labute approximate surface area is 118 Å². The summed E-state index contributed by atoms with van der Waals surface area (Å²) in [5.74, 6) is -1.03. The Morgan fingerprint density at radius 1 is 1.60 bits per heavy atom. The van der Waals surface area contributed by atoms with Crippen LogP contribution in [-0.4, -0.2) is 48.2 Å². The molecule has 8 heteroatoms. The number of piperidine rings is 1. The molecule has 0 aromatic carbocycles. The van der Waals surface area contributed by atoms with E-state index < -0.39 is 22.1 Å². The van der Waals surface area contributed by atoms with E-state index in [1.54, 1.807) is 12.1 Å². The van der Waals surface area contributed by atoms with Crippen molar-refractivity contribution in [2.75, 3.05) is 20.1 Å². The van der Waals surface area contributed by atoms with Crippen LogP contribution in [0.25, 0.3) is 0 Å². The Bertz CT molecular complexity index is 554. The van der Waals surface area contributed by atoms with E-state index in [4.69, 9.17) is 9.52 Å². The number of carboxylic acid groups (broad SMARTS) is 1. The molecule has 20 heavy (non-hydrogen) atoms. The van der Waals surface area contributed by atoms with Gasteiger partial charge in [0.1, 0.15) is 5.76 Å². The molecule has 112 valence electrons. The van der Waals surface area contributed by atoms with Crippen molar-refractivity contribution in [3.8, 4) is 0 Å². The first-order valence-corrected chi connectivity index (χ1v) is 7.77. The van der Waals surface area contributed by atoms with Crippen molar-refractivity contribution in [3.05, 3.63) is 24.2 Å². The molecule has 1 aliphatic rings. The second kappa shape index (κ2) is 5.94. The van der Waals surface area contributed by atoms with E-state index in [1.165, 1.54) is 21.9 Å². The van der Waals surface area contributed by atoms with Crippen molar-refractivity contribution >= 4 is 16.2 Å². The number of furan rings is 1. The predicted octanol–water partition coefficient (Wildman–Crippen LogP) is 0.753. The topological polar surface area (TPSA) is 91.1 Å². The molecule has 1 aliphatic heterocycles. The van der Waals surface area contributed by atoms with Crippen molar-refractivity contribution in [2.45, 2.75) is 19.4 Å². The van der Waals surface area contributed by atoms with Gasteiger partial charge in [-0.05, 0) is 25.0 Å². The molecular weight excluding hydrogens is 284 g/mol. The smallest absolute Gasteiger partial charge is 0.307 e. The highest BCUT2D eigenvalue weighted by atomic mass is 32.2. The van der Waals surface area contributed by atoms with Gasteiger partial charge in [-0.25, -0.2) is 0 Å². The summed E-state index contributed by atoms with van der Waals surface area (Å²) in [6.07, 6.45) is 2.56. The fourth-order valence-corrected chi connectivity index (χ4v) is 3.67. The lowest BCUT2D eigenvalue weighted by Gasteiger charge is -2.32. The number of nitrogens with zero attached hydrogens (tertiary/aromatic N) is 2. The SMILES string of the molecule is CN(Cc1ccco1)S(=O)(=O)N1CCCC(C(=O)O)C1. The average Bonchev–Trinajstić information content (AvgIpc) is 2.91. The third-order valence-corrected chi connectivity index (χ3v) is 5.31. The zero-order valence-corrected chi connectivity index (χ0v) is 12.0. The molecule has 1 aromatic rings. The van der Waals surface area contributed by atoms with Crippen molar-refractivity contribution < 1.29 is 22.7 Å². The zero-order chi connectivity index (χ0) is 14.8. The minimum absolute atomic E-state index is 0.0279. The van der Waals surface area contributed by atoms with Gasteiger partial charge >= 0.3 is 5.97 Å². The normalized spacial score (nSPS) is 21.2. The molecule has 2 heterocycles. The maximum Gasteiger partial charge on any atom is 0.307 e. The fraction of sp³-hybridized carbons (Fsp3) is 0.583. The number of hydrogen-bond acceptors (Lipinski definition) is 4. The van der Waals surface area contributed by atoms with Crippen LogP contribution in [0.5, 0.6) is 0 Å². The van der Waals surface area contributed by atoms with E-state index in [9.17, 15) is 13.2 Å². The van der Waals surface area contributed by atoms with E-state index in [0.717, 1.165) is 0 Å². The van der Waals surface area contributed by atoms with Gasteiger partial charge in [0.2, 0.25) is 0 Å².